The zero-order chi connectivity index (χ0) is 25.4. The standard InChI is InChI=1S/C29H31FN2O3/c1-28(2,3)21-11-9-19(10-12-21)18-29(27(31)35,22-13-15-23(30)16-14-22)32-17-5-7-20-6-4-8-24(25(20)32)26(33)34/h4,6,8-16H,5,7,17-18H2,1-3H3,(H2,31,35)(H,33,34). The maximum Gasteiger partial charge on any atom is 0.337 e. The molecule has 1 unspecified atom stereocenters. The number of nitrogens with zero attached hydrogens (tertiary/aromatic N) is 1. The summed E-state index contributed by atoms with van der Waals surface area (Å²) in [6.07, 6.45) is 1.65. The number of hydrogen-bond acceptors (Lipinski definition) is 3. The van der Waals surface area contributed by atoms with Crippen molar-refractivity contribution < 1.29 is 19.1 Å². The van der Waals surface area contributed by atoms with E-state index in [1.54, 1.807) is 24.3 Å². The van der Waals surface area contributed by atoms with Crippen molar-refractivity contribution in [3.63, 3.8) is 0 Å². The van der Waals surface area contributed by atoms with Crippen molar-refractivity contribution >= 4 is 17.6 Å². The quantitative estimate of drug-likeness (QED) is 0.515. The van der Waals surface area contributed by atoms with E-state index in [0.29, 0.717) is 24.2 Å². The molecule has 4 rings (SSSR count). The van der Waals surface area contributed by atoms with Gasteiger partial charge >= 0.3 is 5.97 Å². The fraction of sp³-hybridized carbons (Fsp3) is 0.310. The number of anilines is 1. The zero-order valence-electron chi connectivity index (χ0n) is 20.3. The van der Waals surface area contributed by atoms with E-state index in [9.17, 15) is 19.1 Å². The third-order valence-corrected chi connectivity index (χ3v) is 6.92. The Bertz CT molecular complexity index is 1250. The van der Waals surface area contributed by atoms with Crippen LogP contribution in [0.15, 0.2) is 66.7 Å². The van der Waals surface area contributed by atoms with Gasteiger partial charge in [0.15, 0.2) is 0 Å². The normalized spacial score (nSPS) is 15.3. The highest BCUT2D eigenvalue weighted by Crippen LogP contribution is 2.42. The van der Waals surface area contributed by atoms with Gasteiger partial charge in [-0.05, 0) is 58.7 Å². The summed E-state index contributed by atoms with van der Waals surface area (Å²) >= 11 is 0. The van der Waals surface area contributed by atoms with Gasteiger partial charge in [0.2, 0.25) is 5.91 Å². The van der Waals surface area contributed by atoms with E-state index in [-0.39, 0.29) is 17.4 Å². The second kappa shape index (κ2) is 9.17. The predicted molar refractivity (Wildman–Crippen MR) is 135 cm³/mol. The molecule has 1 aliphatic rings. The minimum atomic E-state index is -1.41. The van der Waals surface area contributed by atoms with E-state index in [4.69, 9.17) is 5.73 Å². The summed E-state index contributed by atoms with van der Waals surface area (Å²) in [6, 6.07) is 19.0. The molecule has 1 heterocycles. The molecule has 1 aliphatic heterocycles. The van der Waals surface area contributed by atoms with E-state index in [1.807, 2.05) is 35.2 Å². The lowest BCUT2D eigenvalue weighted by Gasteiger charge is -2.47. The Morgan fingerprint density at radius 2 is 1.60 bits per heavy atom. The van der Waals surface area contributed by atoms with Crippen LogP contribution >= 0.6 is 0 Å². The number of aromatic carboxylic acids is 1. The average molecular weight is 475 g/mol. The van der Waals surface area contributed by atoms with E-state index < -0.39 is 23.2 Å². The fourth-order valence-electron chi connectivity index (χ4n) is 5.06. The fourth-order valence-corrected chi connectivity index (χ4v) is 5.06. The number of carbonyl (C=O) groups is 2. The molecule has 0 aliphatic carbocycles. The summed E-state index contributed by atoms with van der Waals surface area (Å²) in [7, 11) is 0. The van der Waals surface area contributed by atoms with Crippen LogP contribution in [0.2, 0.25) is 0 Å². The molecule has 1 amide bonds. The Kier molecular flexibility index (Phi) is 6.41. The smallest absolute Gasteiger partial charge is 0.337 e. The molecule has 0 saturated heterocycles. The minimum absolute atomic E-state index is 0.0293. The largest absolute Gasteiger partial charge is 0.478 e. The van der Waals surface area contributed by atoms with Gasteiger partial charge in [0.1, 0.15) is 11.4 Å². The third kappa shape index (κ3) is 4.53. The van der Waals surface area contributed by atoms with Crippen LogP contribution in [-0.4, -0.2) is 23.5 Å². The van der Waals surface area contributed by atoms with Crippen molar-refractivity contribution in [2.75, 3.05) is 11.4 Å². The zero-order valence-corrected chi connectivity index (χ0v) is 20.3. The summed E-state index contributed by atoms with van der Waals surface area (Å²) < 4.78 is 13.9. The minimum Gasteiger partial charge on any atom is -0.478 e. The summed E-state index contributed by atoms with van der Waals surface area (Å²) in [5, 5.41) is 9.97. The maximum absolute atomic E-state index is 13.9. The molecule has 35 heavy (non-hydrogen) atoms. The van der Waals surface area contributed by atoms with Crippen molar-refractivity contribution in [2.24, 2.45) is 5.73 Å². The molecule has 0 bridgehead atoms. The topological polar surface area (TPSA) is 83.6 Å². The van der Waals surface area contributed by atoms with Gasteiger partial charge in [-0.3, -0.25) is 4.79 Å². The predicted octanol–water partition coefficient (Wildman–Crippen LogP) is 5.20. The van der Waals surface area contributed by atoms with E-state index >= 15 is 0 Å². The molecule has 5 nitrogen and oxygen atoms in total. The monoisotopic (exact) mass is 474 g/mol. The van der Waals surface area contributed by atoms with Crippen LogP contribution in [-0.2, 0) is 28.6 Å². The summed E-state index contributed by atoms with van der Waals surface area (Å²) in [6.45, 7) is 6.84. The molecule has 3 N–H and O–H groups in total. The number of hydrogen-bond donors (Lipinski definition) is 2. The van der Waals surface area contributed by atoms with Gasteiger partial charge in [0.05, 0.1) is 11.3 Å². The first-order valence-electron chi connectivity index (χ1n) is 11.8. The van der Waals surface area contributed by atoms with Gasteiger partial charge in [-0.25, -0.2) is 9.18 Å². The van der Waals surface area contributed by atoms with E-state index in [2.05, 4.69) is 20.8 Å². The highest BCUT2D eigenvalue weighted by Gasteiger charge is 2.47. The molecule has 0 spiro atoms. The van der Waals surface area contributed by atoms with Crippen LogP contribution in [0.25, 0.3) is 0 Å². The van der Waals surface area contributed by atoms with Crippen LogP contribution < -0.4 is 10.6 Å². The molecule has 0 radical (unpaired) electrons. The lowest BCUT2D eigenvalue weighted by atomic mass is 9.78. The first kappa shape index (κ1) is 24.5. The molecule has 3 aromatic carbocycles. The third-order valence-electron chi connectivity index (χ3n) is 6.92. The van der Waals surface area contributed by atoms with Crippen LogP contribution in [0.3, 0.4) is 0 Å². The lowest BCUT2D eigenvalue weighted by molar-refractivity contribution is -0.123. The number of aryl methyl sites for hydroxylation is 1. The average Bonchev–Trinajstić information content (AvgIpc) is 2.82. The SMILES string of the molecule is CC(C)(C)c1ccc(CC(C(N)=O)(c2ccc(F)cc2)N2CCCc3cccc(C(=O)O)c32)cc1. The molecule has 0 aromatic heterocycles. The summed E-state index contributed by atoms with van der Waals surface area (Å²) in [5.41, 5.74) is 8.78. The van der Waals surface area contributed by atoms with Gasteiger partial charge in [0.25, 0.3) is 0 Å². The van der Waals surface area contributed by atoms with Crippen molar-refractivity contribution in [3.8, 4) is 0 Å². The number of carboxylic acid groups (broad SMARTS) is 1. The second-order valence-corrected chi connectivity index (χ2v) is 10.2. The maximum atomic E-state index is 13.9. The molecular weight excluding hydrogens is 443 g/mol. The van der Waals surface area contributed by atoms with Gasteiger partial charge in [-0.1, -0.05) is 69.3 Å². The second-order valence-electron chi connectivity index (χ2n) is 10.2. The van der Waals surface area contributed by atoms with E-state index in [1.165, 1.54) is 12.1 Å². The Balaban J connectivity index is 1.94. The Labute approximate surface area is 205 Å². The molecule has 6 heteroatoms. The van der Waals surface area contributed by atoms with Crippen molar-refractivity contribution in [1.29, 1.82) is 0 Å². The summed E-state index contributed by atoms with van der Waals surface area (Å²) in [5.74, 6) is -2.11. The van der Waals surface area contributed by atoms with Crippen LogP contribution in [0, 0.1) is 5.82 Å². The van der Waals surface area contributed by atoms with Crippen molar-refractivity contribution in [2.45, 2.75) is 51.0 Å². The summed E-state index contributed by atoms with van der Waals surface area (Å²) in [4.78, 5) is 27.5. The molecule has 182 valence electrons. The van der Waals surface area contributed by atoms with Crippen LogP contribution in [0.5, 0.6) is 0 Å². The lowest BCUT2D eigenvalue weighted by Crippen LogP contribution is -2.58. The van der Waals surface area contributed by atoms with Crippen LogP contribution in [0.1, 0.15) is 59.8 Å². The number of halogens is 1. The number of carbonyl (C=O) groups excluding carboxylic acids is 1. The van der Waals surface area contributed by atoms with Gasteiger partial charge in [-0.2, -0.15) is 0 Å². The number of para-hydroxylation sites is 1. The molecule has 0 saturated carbocycles. The Morgan fingerprint density at radius 1 is 0.971 bits per heavy atom. The number of benzene rings is 3. The van der Waals surface area contributed by atoms with Gasteiger partial charge in [-0.15, -0.1) is 0 Å². The number of nitrogens with two attached hydrogens (primary N) is 1. The highest BCUT2D eigenvalue weighted by molar-refractivity contribution is 5.99. The Morgan fingerprint density at radius 3 is 2.17 bits per heavy atom. The Hall–Kier alpha value is -3.67. The van der Waals surface area contributed by atoms with E-state index in [0.717, 1.165) is 23.1 Å². The molecular formula is C29H31FN2O3. The number of carboxylic acids is 1. The number of primary amides is 1. The van der Waals surface area contributed by atoms with Gasteiger partial charge < -0.3 is 15.7 Å². The van der Waals surface area contributed by atoms with Crippen molar-refractivity contribution in [3.05, 3.63) is 100 Å². The molecule has 3 aromatic rings. The first-order valence-corrected chi connectivity index (χ1v) is 11.8. The first-order chi connectivity index (χ1) is 16.5. The highest BCUT2D eigenvalue weighted by atomic mass is 19.1. The number of rotatable bonds is 6. The molecule has 0 fully saturated rings. The molecule has 1 atom stereocenters. The number of fused-ring (bicyclic) bond motifs is 1. The van der Waals surface area contributed by atoms with Crippen molar-refractivity contribution in [1.82, 2.24) is 0 Å². The van der Waals surface area contributed by atoms with Crippen LogP contribution in [0.4, 0.5) is 10.1 Å². The van der Waals surface area contributed by atoms with Gasteiger partial charge in [0, 0.05) is 13.0 Å². The number of amides is 1.